The number of anilines is 1. The Morgan fingerprint density at radius 3 is 2.15 bits per heavy atom. The predicted octanol–water partition coefficient (Wildman–Crippen LogP) is 3.37. The molecule has 0 aromatic heterocycles. The number of benzene rings is 2. The first-order valence-corrected chi connectivity index (χ1v) is 9.22. The summed E-state index contributed by atoms with van der Waals surface area (Å²) in [5.41, 5.74) is -0.166. The molecule has 0 saturated heterocycles. The summed E-state index contributed by atoms with van der Waals surface area (Å²) in [5, 5.41) is 0.390. The van der Waals surface area contributed by atoms with Gasteiger partial charge in [-0.15, -0.1) is 0 Å². The summed E-state index contributed by atoms with van der Waals surface area (Å²) in [5.74, 6) is -1.64. The van der Waals surface area contributed by atoms with Crippen molar-refractivity contribution in [3.8, 4) is 0 Å². The highest BCUT2D eigenvalue weighted by Gasteiger charge is 2.25. The summed E-state index contributed by atoms with van der Waals surface area (Å²) >= 11 is 11.7. The summed E-state index contributed by atoms with van der Waals surface area (Å²) in [6.07, 6.45) is 0. The van der Waals surface area contributed by atoms with Crippen molar-refractivity contribution in [3.63, 3.8) is 0 Å². The number of halogens is 2. The zero-order valence-corrected chi connectivity index (χ0v) is 15.9. The summed E-state index contributed by atoms with van der Waals surface area (Å²) in [7, 11) is -1.99. The van der Waals surface area contributed by atoms with E-state index in [0.717, 1.165) is 20.3 Å². The number of nitrogens with one attached hydrogen (secondary N) is 1. The molecular weight excluding hydrogens is 405 g/mol. The van der Waals surface area contributed by atoms with E-state index in [0.29, 0.717) is 0 Å². The fourth-order valence-electron chi connectivity index (χ4n) is 2.04. The van der Waals surface area contributed by atoms with E-state index < -0.39 is 26.9 Å². The van der Waals surface area contributed by atoms with Crippen molar-refractivity contribution < 1.29 is 27.5 Å². The fraction of sp³-hybridized carbons (Fsp3) is 0.125. The number of methoxy groups -OCH3 is 2. The van der Waals surface area contributed by atoms with Crippen molar-refractivity contribution in [2.75, 3.05) is 18.9 Å². The summed E-state index contributed by atoms with van der Waals surface area (Å²) in [4.78, 5) is 23.2. The van der Waals surface area contributed by atoms with Crippen LogP contribution in [0.1, 0.15) is 20.7 Å². The molecule has 0 fully saturated rings. The molecule has 138 valence electrons. The third kappa shape index (κ3) is 4.27. The van der Waals surface area contributed by atoms with E-state index in [4.69, 9.17) is 23.2 Å². The standard InChI is InChI=1S/C16H13Cl2NO6S/c1-24-15(20)9-3-5-11(16(21)25-2)14(7-9)26(22,23)19-10-4-6-12(17)13(18)8-10/h3-8,19H,1-2H3. The molecule has 0 amide bonds. The van der Waals surface area contributed by atoms with Crippen molar-refractivity contribution in [2.45, 2.75) is 4.90 Å². The summed E-state index contributed by atoms with van der Waals surface area (Å²) in [6, 6.07) is 7.57. The van der Waals surface area contributed by atoms with Gasteiger partial charge in [-0.3, -0.25) is 4.72 Å². The van der Waals surface area contributed by atoms with Gasteiger partial charge < -0.3 is 9.47 Å². The maximum atomic E-state index is 12.8. The van der Waals surface area contributed by atoms with Gasteiger partial charge in [-0.2, -0.15) is 0 Å². The average molecular weight is 418 g/mol. The number of esters is 2. The highest BCUT2D eigenvalue weighted by molar-refractivity contribution is 7.92. The van der Waals surface area contributed by atoms with Crippen LogP contribution in [0.2, 0.25) is 10.0 Å². The molecule has 7 nitrogen and oxygen atoms in total. The lowest BCUT2D eigenvalue weighted by molar-refractivity contribution is 0.0583. The minimum atomic E-state index is -4.25. The van der Waals surface area contributed by atoms with Crippen LogP contribution in [0.5, 0.6) is 0 Å². The van der Waals surface area contributed by atoms with E-state index in [1.807, 2.05) is 0 Å². The van der Waals surface area contributed by atoms with Crippen molar-refractivity contribution in [3.05, 3.63) is 57.6 Å². The van der Waals surface area contributed by atoms with Crippen LogP contribution in [0.15, 0.2) is 41.3 Å². The first-order chi connectivity index (χ1) is 12.2. The van der Waals surface area contributed by atoms with Crippen molar-refractivity contribution in [1.29, 1.82) is 0 Å². The molecule has 0 bridgehead atoms. The Labute approximate surface area is 159 Å². The van der Waals surface area contributed by atoms with Gasteiger partial charge in [0.1, 0.15) is 4.90 Å². The number of carbonyl (C=O) groups excluding carboxylic acids is 2. The molecule has 2 aromatic carbocycles. The molecule has 0 aliphatic carbocycles. The van der Waals surface area contributed by atoms with Crippen LogP contribution >= 0.6 is 23.2 Å². The summed E-state index contributed by atoms with van der Waals surface area (Å²) in [6.45, 7) is 0. The van der Waals surface area contributed by atoms with E-state index in [1.54, 1.807) is 0 Å². The Hall–Kier alpha value is -2.29. The van der Waals surface area contributed by atoms with Gasteiger partial charge in [0, 0.05) is 0 Å². The first kappa shape index (κ1) is 20.0. The van der Waals surface area contributed by atoms with Crippen LogP contribution in [0.4, 0.5) is 5.69 Å². The molecular formula is C16H13Cl2NO6S. The monoisotopic (exact) mass is 417 g/mol. The van der Waals surface area contributed by atoms with Gasteiger partial charge in [0.15, 0.2) is 0 Å². The van der Waals surface area contributed by atoms with Gasteiger partial charge in [0.2, 0.25) is 0 Å². The molecule has 0 radical (unpaired) electrons. The Kier molecular flexibility index (Phi) is 6.12. The smallest absolute Gasteiger partial charge is 0.339 e. The topological polar surface area (TPSA) is 98.8 Å². The SMILES string of the molecule is COC(=O)c1ccc(C(=O)OC)c(S(=O)(=O)Nc2ccc(Cl)c(Cl)c2)c1. The van der Waals surface area contributed by atoms with E-state index >= 15 is 0 Å². The average Bonchev–Trinajstić information content (AvgIpc) is 2.62. The molecule has 0 aliphatic heterocycles. The maximum Gasteiger partial charge on any atom is 0.339 e. The maximum absolute atomic E-state index is 12.8. The molecule has 0 heterocycles. The van der Waals surface area contributed by atoms with Crippen molar-refractivity contribution in [1.82, 2.24) is 0 Å². The van der Waals surface area contributed by atoms with E-state index in [9.17, 15) is 18.0 Å². The molecule has 0 aliphatic rings. The second-order valence-corrected chi connectivity index (χ2v) is 7.39. The lowest BCUT2D eigenvalue weighted by Crippen LogP contribution is -2.18. The highest BCUT2D eigenvalue weighted by Crippen LogP contribution is 2.28. The molecule has 10 heteroatoms. The quantitative estimate of drug-likeness (QED) is 0.748. The van der Waals surface area contributed by atoms with Crippen LogP contribution in [0.25, 0.3) is 0 Å². The zero-order valence-electron chi connectivity index (χ0n) is 13.6. The molecule has 0 saturated carbocycles. The zero-order chi connectivity index (χ0) is 19.5. The van der Waals surface area contributed by atoms with Gasteiger partial charge in [0.05, 0.1) is 41.1 Å². The Morgan fingerprint density at radius 2 is 1.58 bits per heavy atom. The third-order valence-corrected chi connectivity index (χ3v) is 5.43. The molecule has 0 atom stereocenters. The minimum absolute atomic E-state index is 0.0466. The van der Waals surface area contributed by atoms with Gasteiger partial charge in [-0.1, -0.05) is 23.2 Å². The number of sulfonamides is 1. The second kappa shape index (κ2) is 7.94. The summed E-state index contributed by atoms with van der Waals surface area (Å²) < 4.78 is 37.0. The van der Waals surface area contributed by atoms with Gasteiger partial charge in [0.25, 0.3) is 10.0 Å². The number of hydrogen-bond donors (Lipinski definition) is 1. The van der Waals surface area contributed by atoms with Crippen molar-refractivity contribution >= 4 is 50.9 Å². The van der Waals surface area contributed by atoms with Crippen LogP contribution in [-0.2, 0) is 19.5 Å². The predicted molar refractivity (Wildman–Crippen MR) is 96.4 cm³/mol. The van der Waals surface area contributed by atoms with Crippen LogP contribution in [0.3, 0.4) is 0 Å². The molecule has 0 spiro atoms. The van der Waals surface area contributed by atoms with Crippen LogP contribution in [-0.4, -0.2) is 34.6 Å². The second-order valence-electron chi connectivity index (χ2n) is 4.93. The third-order valence-electron chi connectivity index (χ3n) is 3.27. The van der Waals surface area contributed by atoms with Gasteiger partial charge in [-0.05, 0) is 36.4 Å². The van der Waals surface area contributed by atoms with E-state index in [2.05, 4.69) is 14.2 Å². The molecule has 1 N–H and O–H groups in total. The first-order valence-electron chi connectivity index (χ1n) is 6.98. The van der Waals surface area contributed by atoms with Gasteiger partial charge in [-0.25, -0.2) is 18.0 Å². The minimum Gasteiger partial charge on any atom is -0.465 e. The number of hydrogen-bond acceptors (Lipinski definition) is 6. The fourth-order valence-corrected chi connectivity index (χ4v) is 3.61. The Bertz CT molecular complexity index is 975. The normalized spacial score (nSPS) is 10.9. The molecule has 2 rings (SSSR count). The van der Waals surface area contributed by atoms with Crippen LogP contribution < -0.4 is 4.72 Å². The molecule has 2 aromatic rings. The Morgan fingerprint density at radius 1 is 0.923 bits per heavy atom. The Balaban J connectivity index is 2.56. The van der Waals surface area contributed by atoms with Crippen molar-refractivity contribution in [2.24, 2.45) is 0 Å². The largest absolute Gasteiger partial charge is 0.465 e. The number of ether oxygens (including phenoxy) is 2. The number of rotatable bonds is 5. The van der Waals surface area contributed by atoms with Gasteiger partial charge >= 0.3 is 11.9 Å². The molecule has 0 unspecified atom stereocenters. The number of carbonyl (C=O) groups is 2. The molecule has 26 heavy (non-hydrogen) atoms. The van der Waals surface area contributed by atoms with E-state index in [1.165, 1.54) is 30.3 Å². The lowest BCUT2D eigenvalue weighted by atomic mass is 10.1. The van der Waals surface area contributed by atoms with E-state index in [-0.39, 0.29) is 26.9 Å². The lowest BCUT2D eigenvalue weighted by Gasteiger charge is -2.13. The van der Waals surface area contributed by atoms with Crippen LogP contribution in [0, 0.1) is 0 Å². The highest BCUT2D eigenvalue weighted by atomic mass is 35.5.